The van der Waals surface area contributed by atoms with E-state index in [1.54, 1.807) is 0 Å². The standard InChI is InChI=1S/C13H14INO/c1-2-3-9-16-12-7-6-11(14)10-5-4-8-15-13(10)12/h4-8H,2-3,9H2,1H3. The van der Waals surface area contributed by atoms with E-state index >= 15 is 0 Å². The van der Waals surface area contributed by atoms with Gasteiger partial charge >= 0.3 is 0 Å². The molecule has 2 rings (SSSR count). The smallest absolute Gasteiger partial charge is 0.145 e. The second-order valence-electron chi connectivity index (χ2n) is 3.65. The van der Waals surface area contributed by atoms with Crippen LogP contribution in [-0.2, 0) is 0 Å². The highest BCUT2D eigenvalue weighted by Gasteiger charge is 2.05. The van der Waals surface area contributed by atoms with Crippen molar-refractivity contribution in [3.63, 3.8) is 0 Å². The van der Waals surface area contributed by atoms with E-state index in [-0.39, 0.29) is 0 Å². The molecule has 0 saturated carbocycles. The summed E-state index contributed by atoms with van der Waals surface area (Å²) in [7, 11) is 0. The Morgan fingerprint density at radius 2 is 2.19 bits per heavy atom. The van der Waals surface area contributed by atoms with Gasteiger partial charge in [0.25, 0.3) is 0 Å². The molecule has 0 N–H and O–H groups in total. The molecule has 1 heterocycles. The Bertz CT molecular complexity index is 484. The summed E-state index contributed by atoms with van der Waals surface area (Å²) in [6.07, 6.45) is 4.04. The lowest BCUT2D eigenvalue weighted by atomic mass is 10.2. The molecule has 0 spiro atoms. The number of hydrogen-bond acceptors (Lipinski definition) is 2. The first-order chi connectivity index (χ1) is 7.83. The number of unbranched alkanes of at least 4 members (excludes halogenated alkanes) is 1. The molecule has 0 atom stereocenters. The van der Waals surface area contributed by atoms with Crippen LogP contribution in [0.2, 0.25) is 0 Å². The number of fused-ring (bicyclic) bond motifs is 1. The van der Waals surface area contributed by atoms with Crippen molar-refractivity contribution in [1.82, 2.24) is 4.98 Å². The van der Waals surface area contributed by atoms with Crippen LogP contribution in [0.5, 0.6) is 5.75 Å². The lowest BCUT2D eigenvalue weighted by Crippen LogP contribution is -1.98. The van der Waals surface area contributed by atoms with Gasteiger partial charge in [-0.05, 0) is 47.2 Å². The van der Waals surface area contributed by atoms with Crippen molar-refractivity contribution in [3.8, 4) is 5.75 Å². The lowest BCUT2D eigenvalue weighted by molar-refractivity contribution is 0.312. The van der Waals surface area contributed by atoms with Gasteiger partial charge in [-0.15, -0.1) is 0 Å². The molecule has 84 valence electrons. The number of hydrogen-bond donors (Lipinski definition) is 0. The molecule has 0 aliphatic heterocycles. The highest BCUT2D eigenvalue weighted by molar-refractivity contribution is 14.1. The van der Waals surface area contributed by atoms with Gasteiger partial charge in [-0.3, -0.25) is 4.98 Å². The minimum absolute atomic E-state index is 0.767. The van der Waals surface area contributed by atoms with Crippen molar-refractivity contribution in [2.45, 2.75) is 19.8 Å². The maximum Gasteiger partial charge on any atom is 0.145 e. The third-order valence-electron chi connectivity index (χ3n) is 2.43. The normalized spacial score (nSPS) is 10.6. The van der Waals surface area contributed by atoms with Crippen molar-refractivity contribution < 1.29 is 4.74 Å². The Balaban J connectivity index is 2.35. The molecule has 1 aromatic carbocycles. The highest BCUT2D eigenvalue weighted by atomic mass is 127. The molecule has 3 heteroatoms. The Labute approximate surface area is 109 Å². The molecule has 0 fully saturated rings. The topological polar surface area (TPSA) is 22.1 Å². The molecule has 0 amide bonds. The third kappa shape index (κ3) is 2.45. The Morgan fingerprint density at radius 1 is 1.31 bits per heavy atom. The average Bonchev–Trinajstić information content (AvgIpc) is 2.33. The van der Waals surface area contributed by atoms with Crippen molar-refractivity contribution in [1.29, 1.82) is 0 Å². The van der Waals surface area contributed by atoms with Crippen molar-refractivity contribution in [3.05, 3.63) is 34.0 Å². The zero-order valence-corrected chi connectivity index (χ0v) is 11.4. The summed E-state index contributed by atoms with van der Waals surface area (Å²) in [5, 5.41) is 1.16. The number of ether oxygens (including phenoxy) is 1. The predicted molar refractivity (Wildman–Crippen MR) is 74.9 cm³/mol. The number of pyridine rings is 1. The first kappa shape index (κ1) is 11.6. The van der Waals surface area contributed by atoms with Crippen molar-refractivity contribution in [2.24, 2.45) is 0 Å². The van der Waals surface area contributed by atoms with Gasteiger partial charge in [0.1, 0.15) is 11.3 Å². The van der Waals surface area contributed by atoms with E-state index in [1.165, 1.54) is 3.57 Å². The predicted octanol–water partition coefficient (Wildman–Crippen LogP) is 4.02. The third-order valence-corrected chi connectivity index (χ3v) is 3.38. The minimum Gasteiger partial charge on any atom is -0.491 e. The van der Waals surface area contributed by atoms with Gasteiger partial charge in [0.2, 0.25) is 0 Å². The molecule has 0 saturated heterocycles. The molecule has 2 aromatic rings. The molecule has 0 aliphatic rings. The van der Waals surface area contributed by atoms with Crippen LogP contribution in [0, 0.1) is 3.57 Å². The summed E-state index contributed by atoms with van der Waals surface area (Å²) in [6, 6.07) is 8.12. The Kier molecular flexibility index (Phi) is 3.98. The molecule has 1 aromatic heterocycles. The van der Waals surface area contributed by atoms with E-state index in [9.17, 15) is 0 Å². The fraction of sp³-hybridized carbons (Fsp3) is 0.308. The van der Waals surface area contributed by atoms with Gasteiger partial charge in [-0.1, -0.05) is 19.4 Å². The molecular weight excluding hydrogens is 313 g/mol. The number of rotatable bonds is 4. The van der Waals surface area contributed by atoms with Gasteiger partial charge in [0, 0.05) is 15.2 Å². The molecule has 0 radical (unpaired) electrons. The van der Waals surface area contributed by atoms with Crippen LogP contribution in [0.4, 0.5) is 0 Å². The number of benzene rings is 1. The molecule has 0 unspecified atom stereocenters. The van der Waals surface area contributed by atoms with Crippen molar-refractivity contribution >= 4 is 33.5 Å². The van der Waals surface area contributed by atoms with E-state index in [0.717, 1.165) is 36.1 Å². The highest BCUT2D eigenvalue weighted by Crippen LogP contribution is 2.27. The fourth-order valence-corrected chi connectivity index (χ4v) is 2.17. The van der Waals surface area contributed by atoms with E-state index in [2.05, 4.69) is 46.6 Å². The summed E-state index contributed by atoms with van der Waals surface area (Å²) in [6.45, 7) is 2.93. The number of halogens is 1. The summed E-state index contributed by atoms with van der Waals surface area (Å²) in [5.41, 5.74) is 0.963. The first-order valence-corrected chi connectivity index (χ1v) is 6.57. The molecular formula is C13H14INO. The van der Waals surface area contributed by atoms with Crippen LogP contribution in [-0.4, -0.2) is 11.6 Å². The van der Waals surface area contributed by atoms with Crippen LogP contribution in [0.15, 0.2) is 30.5 Å². The summed E-state index contributed by atoms with van der Waals surface area (Å²) in [4.78, 5) is 4.39. The van der Waals surface area contributed by atoms with Gasteiger partial charge in [-0.2, -0.15) is 0 Å². The Hall–Kier alpha value is -0.840. The van der Waals surface area contributed by atoms with E-state index < -0.39 is 0 Å². The SMILES string of the molecule is CCCCOc1ccc(I)c2cccnc12. The maximum absolute atomic E-state index is 5.75. The van der Waals surface area contributed by atoms with Crippen LogP contribution < -0.4 is 4.74 Å². The monoisotopic (exact) mass is 327 g/mol. The minimum atomic E-state index is 0.767. The van der Waals surface area contributed by atoms with Crippen LogP contribution in [0.3, 0.4) is 0 Å². The summed E-state index contributed by atoms with van der Waals surface area (Å²) < 4.78 is 6.96. The largest absolute Gasteiger partial charge is 0.491 e. The van der Waals surface area contributed by atoms with Crippen LogP contribution in [0.25, 0.3) is 10.9 Å². The quantitative estimate of drug-likeness (QED) is 0.625. The summed E-state index contributed by atoms with van der Waals surface area (Å²) >= 11 is 2.32. The molecule has 2 nitrogen and oxygen atoms in total. The lowest BCUT2D eigenvalue weighted by Gasteiger charge is -2.08. The number of nitrogens with zero attached hydrogens (tertiary/aromatic N) is 1. The van der Waals surface area contributed by atoms with Gasteiger partial charge < -0.3 is 4.74 Å². The van der Waals surface area contributed by atoms with Gasteiger partial charge in [0.05, 0.1) is 6.61 Å². The molecule has 0 bridgehead atoms. The van der Waals surface area contributed by atoms with E-state index in [1.807, 2.05) is 18.3 Å². The zero-order chi connectivity index (χ0) is 11.4. The van der Waals surface area contributed by atoms with Crippen LogP contribution >= 0.6 is 22.6 Å². The second-order valence-corrected chi connectivity index (χ2v) is 4.81. The molecule has 16 heavy (non-hydrogen) atoms. The van der Waals surface area contributed by atoms with Gasteiger partial charge in [0.15, 0.2) is 0 Å². The average molecular weight is 327 g/mol. The van der Waals surface area contributed by atoms with E-state index in [0.29, 0.717) is 0 Å². The fourth-order valence-electron chi connectivity index (χ4n) is 1.55. The second kappa shape index (κ2) is 5.48. The van der Waals surface area contributed by atoms with E-state index in [4.69, 9.17) is 4.74 Å². The number of aromatic nitrogens is 1. The van der Waals surface area contributed by atoms with Crippen molar-refractivity contribution in [2.75, 3.05) is 6.61 Å². The molecule has 0 aliphatic carbocycles. The van der Waals surface area contributed by atoms with Gasteiger partial charge in [-0.25, -0.2) is 0 Å². The van der Waals surface area contributed by atoms with Crippen LogP contribution in [0.1, 0.15) is 19.8 Å². The Morgan fingerprint density at radius 3 is 3.00 bits per heavy atom. The maximum atomic E-state index is 5.75. The summed E-state index contributed by atoms with van der Waals surface area (Å²) in [5.74, 6) is 0.893. The zero-order valence-electron chi connectivity index (χ0n) is 9.24. The first-order valence-electron chi connectivity index (χ1n) is 5.49.